The van der Waals surface area contributed by atoms with Crippen LogP contribution in [0, 0.1) is 11.3 Å². The topological polar surface area (TPSA) is 88.2 Å². The SMILES string of the molecule is N=C(N)C1(NC(=O)c2ccc(CCCCCCCCOCC3CCCCC3)cc2)CC1. The third-order valence-corrected chi connectivity index (χ3v) is 6.92. The lowest BCUT2D eigenvalue weighted by atomic mass is 9.90. The molecule has 1 aromatic rings. The first-order valence-corrected chi connectivity index (χ1v) is 12.4. The lowest BCUT2D eigenvalue weighted by Gasteiger charge is -2.21. The predicted molar refractivity (Wildman–Crippen MR) is 127 cm³/mol. The zero-order valence-corrected chi connectivity index (χ0v) is 19.1. The number of aryl methyl sites for hydroxylation is 1. The summed E-state index contributed by atoms with van der Waals surface area (Å²) < 4.78 is 5.88. The number of amides is 1. The van der Waals surface area contributed by atoms with E-state index in [0.717, 1.165) is 38.4 Å². The number of carbonyl (C=O) groups is 1. The third kappa shape index (κ3) is 7.95. The lowest BCUT2D eigenvalue weighted by molar-refractivity contribution is 0.0824. The molecule has 31 heavy (non-hydrogen) atoms. The van der Waals surface area contributed by atoms with Crippen LogP contribution in [0.15, 0.2) is 24.3 Å². The smallest absolute Gasteiger partial charge is 0.252 e. The van der Waals surface area contributed by atoms with E-state index in [-0.39, 0.29) is 11.7 Å². The first-order valence-electron chi connectivity index (χ1n) is 12.4. The van der Waals surface area contributed by atoms with Crippen LogP contribution in [0.4, 0.5) is 0 Å². The van der Waals surface area contributed by atoms with Crippen molar-refractivity contribution in [1.82, 2.24) is 5.32 Å². The first kappa shape index (κ1) is 23.8. The van der Waals surface area contributed by atoms with Crippen molar-refractivity contribution < 1.29 is 9.53 Å². The molecule has 2 saturated carbocycles. The number of nitrogens with one attached hydrogen (secondary N) is 2. The average molecular weight is 428 g/mol. The number of ether oxygens (including phenoxy) is 1. The molecule has 0 bridgehead atoms. The fourth-order valence-electron chi connectivity index (χ4n) is 4.54. The Morgan fingerprint density at radius 3 is 2.29 bits per heavy atom. The van der Waals surface area contributed by atoms with E-state index in [0.29, 0.717) is 5.56 Å². The summed E-state index contributed by atoms with van der Waals surface area (Å²) in [5.41, 5.74) is 6.93. The van der Waals surface area contributed by atoms with E-state index < -0.39 is 5.54 Å². The van der Waals surface area contributed by atoms with Gasteiger partial charge in [0.1, 0.15) is 5.84 Å². The van der Waals surface area contributed by atoms with Crippen molar-refractivity contribution in [1.29, 1.82) is 5.41 Å². The van der Waals surface area contributed by atoms with Crippen LogP contribution in [0.25, 0.3) is 0 Å². The van der Waals surface area contributed by atoms with E-state index in [1.807, 2.05) is 24.3 Å². The molecule has 172 valence electrons. The highest BCUT2D eigenvalue weighted by Crippen LogP contribution is 2.35. The molecule has 0 heterocycles. The molecular formula is C26H41N3O2. The zero-order valence-electron chi connectivity index (χ0n) is 19.1. The number of amidine groups is 1. The van der Waals surface area contributed by atoms with E-state index in [9.17, 15) is 4.79 Å². The van der Waals surface area contributed by atoms with E-state index in [2.05, 4.69) is 5.32 Å². The number of rotatable bonds is 14. The van der Waals surface area contributed by atoms with Gasteiger partial charge in [-0.3, -0.25) is 10.2 Å². The second-order valence-corrected chi connectivity index (χ2v) is 9.60. The second kappa shape index (κ2) is 12.2. The Morgan fingerprint density at radius 2 is 1.65 bits per heavy atom. The van der Waals surface area contributed by atoms with Gasteiger partial charge in [-0.2, -0.15) is 0 Å². The molecule has 5 nitrogen and oxygen atoms in total. The molecule has 4 N–H and O–H groups in total. The predicted octanol–water partition coefficient (Wildman–Crippen LogP) is 5.36. The van der Waals surface area contributed by atoms with Crippen LogP contribution in [0.3, 0.4) is 0 Å². The lowest BCUT2D eigenvalue weighted by Crippen LogP contribution is -2.46. The second-order valence-electron chi connectivity index (χ2n) is 9.60. The van der Waals surface area contributed by atoms with Gasteiger partial charge in [0.25, 0.3) is 5.91 Å². The summed E-state index contributed by atoms with van der Waals surface area (Å²) in [7, 11) is 0. The van der Waals surface area contributed by atoms with Gasteiger partial charge in [-0.05, 0) is 68.6 Å². The van der Waals surface area contributed by atoms with E-state index in [1.165, 1.54) is 76.2 Å². The Hall–Kier alpha value is -1.88. The van der Waals surface area contributed by atoms with Crippen LogP contribution in [0.2, 0.25) is 0 Å². The molecule has 0 radical (unpaired) electrons. The molecular weight excluding hydrogens is 386 g/mol. The highest BCUT2D eigenvalue weighted by molar-refractivity contribution is 6.01. The van der Waals surface area contributed by atoms with Crippen molar-refractivity contribution in [2.75, 3.05) is 13.2 Å². The Labute approximate surface area is 188 Å². The normalized spacial score (nSPS) is 17.9. The van der Waals surface area contributed by atoms with Gasteiger partial charge in [0.2, 0.25) is 0 Å². The average Bonchev–Trinajstić information content (AvgIpc) is 3.57. The Balaban J connectivity index is 1.19. The number of hydrogen-bond acceptors (Lipinski definition) is 3. The highest BCUT2D eigenvalue weighted by Gasteiger charge is 2.47. The number of nitrogens with two attached hydrogens (primary N) is 1. The van der Waals surface area contributed by atoms with E-state index >= 15 is 0 Å². The molecule has 0 aliphatic heterocycles. The Kier molecular flexibility index (Phi) is 9.38. The van der Waals surface area contributed by atoms with Crippen LogP contribution in [-0.4, -0.2) is 30.5 Å². The van der Waals surface area contributed by atoms with Crippen LogP contribution >= 0.6 is 0 Å². The summed E-state index contributed by atoms with van der Waals surface area (Å²) >= 11 is 0. The summed E-state index contributed by atoms with van der Waals surface area (Å²) in [5, 5.41) is 10.5. The standard InChI is InChI=1S/C26H41N3O2/c27-25(28)26(17-18-26)29-24(30)23-15-13-21(14-16-23)10-6-3-1-2-4-9-19-31-20-22-11-7-5-8-12-22/h13-16,22H,1-12,17-20H2,(H3,27,28)(H,29,30). The van der Waals surface area contributed by atoms with Gasteiger partial charge in [0.15, 0.2) is 0 Å². The van der Waals surface area contributed by atoms with Crippen LogP contribution in [-0.2, 0) is 11.2 Å². The van der Waals surface area contributed by atoms with Crippen LogP contribution in [0.5, 0.6) is 0 Å². The molecule has 1 amide bonds. The number of benzene rings is 1. The maximum Gasteiger partial charge on any atom is 0.252 e. The molecule has 2 fully saturated rings. The molecule has 0 spiro atoms. The largest absolute Gasteiger partial charge is 0.386 e. The van der Waals surface area contributed by atoms with Gasteiger partial charge >= 0.3 is 0 Å². The van der Waals surface area contributed by atoms with Gasteiger partial charge < -0.3 is 15.8 Å². The summed E-state index contributed by atoms with van der Waals surface area (Å²) in [4.78, 5) is 12.4. The zero-order chi connectivity index (χ0) is 21.9. The van der Waals surface area contributed by atoms with Crippen molar-refractivity contribution in [3.8, 4) is 0 Å². The molecule has 0 unspecified atom stereocenters. The maximum absolute atomic E-state index is 12.4. The van der Waals surface area contributed by atoms with Gasteiger partial charge in [-0.1, -0.05) is 57.1 Å². The Morgan fingerprint density at radius 1 is 1.00 bits per heavy atom. The quantitative estimate of drug-likeness (QED) is 0.212. The van der Waals surface area contributed by atoms with Gasteiger partial charge in [-0.15, -0.1) is 0 Å². The summed E-state index contributed by atoms with van der Waals surface area (Å²) in [5.74, 6) is 0.749. The van der Waals surface area contributed by atoms with Gasteiger partial charge in [0.05, 0.1) is 5.54 Å². The van der Waals surface area contributed by atoms with Gasteiger partial charge in [0, 0.05) is 18.8 Å². The fourth-order valence-corrected chi connectivity index (χ4v) is 4.54. The van der Waals surface area contributed by atoms with Crippen molar-refractivity contribution in [2.45, 2.75) is 95.4 Å². The molecule has 0 aromatic heterocycles. The minimum Gasteiger partial charge on any atom is -0.386 e. The summed E-state index contributed by atoms with van der Waals surface area (Å²) in [6.45, 7) is 1.92. The maximum atomic E-state index is 12.4. The van der Waals surface area contributed by atoms with Crippen LogP contribution in [0.1, 0.15) is 99.4 Å². The van der Waals surface area contributed by atoms with Crippen molar-refractivity contribution in [3.05, 3.63) is 35.4 Å². The van der Waals surface area contributed by atoms with Gasteiger partial charge in [-0.25, -0.2) is 0 Å². The minimum atomic E-state index is -0.586. The third-order valence-electron chi connectivity index (χ3n) is 6.92. The molecule has 2 aliphatic rings. The monoisotopic (exact) mass is 427 g/mol. The molecule has 1 aromatic carbocycles. The summed E-state index contributed by atoms with van der Waals surface area (Å²) in [6, 6.07) is 7.86. The van der Waals surface area contributed by atoms with Crippen LogP contribution < -0.4 is 11.1 Å². The molecule has 0 atom stereocenters. The van der Waals surface area contributed by atoms with E-state index in [4.69, 9.17) is 15.9 Å². The summed E-state index contributed by atoms with van der Waals surface area (Å²) in [6.07, 6.45) is 17.0. The fraction of sp³-hybridized carbons (Fsp3) is 0.692. The van der Waals surface area contributed by atoms with E-state index in [1.54, 1.807) is 0 Å². The number of carbonyl (C=O) groups excluding carboxylic acids is 1. The highest BCUT2D eigenvalue weighted by atomic mass is 16.5. The molecule has 3 rings (SSSR count). The number of hydrogen-bond donors (Lipinski definition) is 3. The molecule has 5 heteroatoms. The van der Waals surface area contributed by atoms with Crippen molar-refractivity contribution in [2.24, 2.45) is 11.7 Å². The first-order chi connectivity index (χ1) is 15.1. The van der Waals surface area contributed by atoms with Crippen molar-refractivity contribution in [3.63, 3.8) is 0 Å². The molecule has 2 aliphatic carbocycles. The minimum absolute atomic E-state index is 0.0597. The number of unbranched alkanes of at least 4 members (excludes halogenated alkanes) is 5. The Bertz CT molecular complexity index is 691. The molecule has 0 saturated heterocycles. The van der Waals surface area contributed by atoms with Crippen molar-refractivity contribution >= 4 is 11.7 Å².